The van der Waals surface area contributed by atoms with E-state index >= 15 is 0 Å². The molecular formula is C22H28N4O5. The fourth-order valence-electron chi connectivity index (χ4n) is 3.78. The number of aromatic amines is 1. The molecule has 1 aliphatic rings. The zero-order valence-corrected chi connectivity index (χ0v) is 17.6. The first kappa shape index (κ1) is 22.3. The van der Waals surface area contributed by atoms with E-state index in [0.29, 0.717) is 25.1 Å². The van der Waals surface area contributed by atoms with E-state index in [-0.39, 0.29) is 18.2 Å². The van der Waals surface area contributed by atoms with Gasteiger partial charge >= 0.3 is 5.97 Å². The van der Waals surface area contributed by atoms with Gasteiger partial charge in [-0.2, -0.15) is 0 Å². The number of fused-ring (bicyclic) bond motifs is 1. The van der Waals surface area contributed by atoms with Crippen molar-refractivity contribution in [3.63, 3.8) is 0 Å². The minimum absolute atomic E-state index is 0.0112. The molecule has 0 unspecified atom stereocenters. The fourth-order valence-corrected chi connectivity index (χ4v) is 3.78. The van der Waals surface area contributed by atoms with Gasteiger partial charge in [0.05, 0.1) is 0 Å². The lowest BCUT2D eigenvalue weighted by Gasteiger charge is -2.23. The van der Waals surface area contributed by atoms with Crippen LogP contribution < -0.4 is 16.0 Å². The maximum atomic E-state index is 12.9. The average molecular weight is 428 g/mol. The maximum Gasteiger partial charge on any atom is 0.326 e. The van der Waals surface area contributed by atoms with E-state index in [1.54, 1.807) is 6.07 Å². The molecule has 3 rings (SSSR count). The van der Waals surface area contributed by atoms with Gasteiger partial charge in [-0.1, -0.05) is 32.0 Å². The van der Waals surface area contributed by atoms with Gasteiger partial charge in [-0.3, -0.25) is 14.4 Å². The number of carbonyl (C=O) groups excluding carboxylic acids is 3. The number of rotatable bonds is 9. The lowest BCUT2D eigenvalue weighted by Crippen LogP contribution is -2.52. The molecule has 1 aliphatic heterocycles. The molecule has 9 nitrogen and oxygen atoms in total. The summed E-state index contributed by atoms with van der Waals surface area (Å²) in [6.07, 6.45) is 0.885. The summed E-state index contributed by atoms with van der Waals surface area (Å²) in [5.74, 6) is -2.80. The minimum Gasteiger partial charge on any atom is -0.480 e. The number of H-pyrrole nitrogens is 1. The van der Waals surface area contributed by atoms with Crippen molar-refractivity contribution in [1.29, 1.82) is 0 Å². The second-order valence-electron chi connectivity index (χ2n) is 8.34. The van der Waals surface area contributed by atoms with Crippen molar-refractivity contribution < 1.29 is 24.3 Å². The van der Waals surface area contributed by atoms with Gasteiger partial charge in [0.25, 0.3) is 5.91 Å². The molecule has 2 heterocycles. The van der Waals surface area contributed by atoms with E-state index in [9.17, 15) is 24.3 Å². The molecule has 166 valence electrons. The number of aromatic nitrogens is 1. The zero-order chi connectivity index (χ0) is 22.5. The van der Waals surface area contributed by atoms with Crippen molar-refractivity contribution in [1.82, 2.24) is 20.9 Å². The average Bonchev–Trinajstić information content (AvgIpc) is 3.32. The molecule has 0 aliphatic carbocycles. The number of carboxylic acid groups (broad SMARTS) is 1. The highest BCUT2D eigenvalue weighted by molar-refractivity contribution is 6.00. The van der Waals surface area contributed by atoms with Crippen molar-refractivity contribution in [2.75, 3.05) is 6.54 Å². The molecule has 3 atom stereocenters. The number of nitrogens with one attached hydrogen (secondary N) is 4. The lowest BCUT2D eigenvalue weighted by atomic mass is 9.97. The van der Waals surface area contributed by atoms with Crippen molar-refractivity contribution >= 4 is 34.6 Å². The molecule has 2 aromatic rings. The lowest BCUT2D eigenvalue weighted by molar-refractivity contribution is -0.142. The van der Waals surface area contributed by atoms with Gasteiger partial charge in [-0.05, 0) is 37.3 Å². The van der Waals surface area contributed by atoms with Gasteiger partial charge in [-0.25, -0.2) is 4.79 Å². The van der Waals surface area contributed by atoms with Gasteiger partial charge in [0, 0.05) is 23.4 Å². The molecule has 31 heavy (non-hydrogen) atoms. The second kappa shape index (κ2) is 9.63. The standard InChI is InChI=1S/C22H28N4O5/c1-12(2)9-16(25-21(29)17-10-13-5-3-4-6-15(13)24-17)20(28)26-18(22(30)31)11-14-7-8-23-19(14)27/h3-6,10,12,14,16,18,24H,7-9,11H2,1-2H3,(H,23,27)(H,25,29)(H,26,28)(H,30,31)/t14-,16-,18-/m0/s1. The van der Waals surface area contributed by atoms with E-state index in [0.717, 1.165) is 10.9 Å². The number of carbonyl (C=O) groups is 4. The Balaban J connectivity index is 1.70. The summed E-state index contributed by atoms with van der Waals surface area (Å²) < 4.78 is 0. The normalized spacial score (nSPS) is 17.9. The number of benzene rings is 1. The first-order chi connectivity index (χ1) is 14.7. The van der Waals surface area contributed by atoms with Crippen LogP contribution in [-0.2, 0) is 14.4 Å². The SMILES string of the molecule is CC(C)C[C@H](NC(=O)c1cc2ccccc2[nH]1)C(=O)N[C@@H](C[C@@H]1CCNC1=O)C(=O)O. The molecule has 9 heteroatoms. The molecular weight excluding hydrogens is 400 g/mol. The molecule has 0 spiro atoms. The summed E-state index contributed by atoms with van der Waals surface area (Å²) in [6.45, 7) is 4.32. The summed E-state index contributed by atoms with van der Waals surface area (Å²) in [7, 11) is 0. The van der Waals surface area contributed by atoms with Crippen LogP contribution >= 0.6 is 0 Å². The summed E-state index contributed by atoms with van der Waals surface area (Å²) in [4.78, 5) is 52.1. The molecule has 0 radical (unpaired) electrons. The molecule has 5 N–H and O–H groups in total. The van der Waals surface area contributed by atoms with Crippen molar-refractivity contribution in [2.24, 2.45) is 11.8 Å². The first-order valence-corrected chi connectivity index (χ1v) is 10.4. The molecule has 1 saturated heterocycles. The van der Waals surface area contributed by atoms with Crippen LogP contribution in [0.3, 0.4) is 0 Å². The summed E-state index contributed by atoms with van der Waals surface area (Å²) in [6, 6.07) is 7.03. The minimum atomic E-state index is -1.21. The maximum absolute atomic E-state index is 12.9. The summed E-state index contributed by atoms with van der Waals surface area (Å²) >= 11 is 0. The monoisotopic (exact) mass is 428 g/mol. The van der Waals surface area contributed by atoms with Crippen molar-refractivity contribution in [2.45, 2.75) is 45.2 Å². The van der Waals surface area contributed by atoms with Crippen molar-refractivity contribution in [3.8, 4) is 0 Å². The fraction of sp³-hybridized carbons (Fsp3) is 0.455. The quantitative estimate of drug-likeness (QED) is 0.411. The molecule has 0 bridgehead atoms. The van der Waals surface area contributed by atoms with Crippen LogP contribution in [0.5, 0.6) is 0 Å². The summed E-state index contributed by atoms with van der Waals surface area (Å²) in [5.41, 5.74) is 1.12. The smallest absolute Gasteiger partial charge is 0.326 e. The molecule has 1 aromatic carbocycles. The number of aliphatic carboxylic acids is 1. The second-order valence-corrected chi connectivity index (χ2v) is 8.34. The highest BCUT2D eigenvalue weighted by Crippen LogP contribution is 2.18. The predicted octanol–water partition coefficient (Wildman–Crippen LogP) is 1.41. The Morgan fingerprint density at radius 3 is 2.52 bits per heavy atom. The van der Waals surface area contributed by atoms with Crippen molar-refractivity contribution in [3.05, 3.63) is 36.0 Å². The van der Waals surface area contributed by atoms with E-state index in [4.69, 9.17) is 0 Å². The number of para-hydroxylation sites is 1. The van der Waals surface area contributed by atoms with Crippen LogP contribution in [0.2, 0.25) is 0 Å². The van der Waals surface area contributed by atoms with Crippen LogP contribution in [0.1, 0.15) is 43.6 Å². The van der Waals surface area contributed by atoms with E-state index in [2.05, 4.69) is 20.9 Å². The zero-order valence-electron chi connectivity index (χ0n) is 17.6. The van der Waals surface area contributed by atoms with Gasteiger partial charge in [0.15, 0.2) is 0 Å². The van der Waals surface area contributed by atoms with Gasteiger partial charge in [0.1, 0.15) is 17.8 Å². The number of amides is 3. The van der Waals surface area contributed by atoms with Crippen LogP contribution in [0.25, 0.3) is 10.9 Å². The molecule has 1 fully saturated rings. The van der Waals surface area contributed by atoms with Crippen LogP contribution in [0, 0.1) is 11.8 Å². The Labute approximate surface area is 180 Å². The summed E-state index contributed by atoms with van der Waals surface area (Å²) in [5, 5.41) is 18.3. The number of hydrogen-bond donors (Lipinski definition) is 5. The van der Waals surface area contributed by atoms with Crippen LogP contribution in [0.15, 0.2) is 30.3 Å². The molecule has 0 saturated carbocycles. The van der Waals surface area contributed by atoms with Gasteiger partial charge < -0.3 is 26.0 Å². The third-order valence-corrected chi connectivity index (χ3v) is 5.40. The third-order valence-electron chi connectivity index (χ3n) is 5.40. The van der Waals surface area contributed by atoms with Gasteiger partial charge in [-0.15, -0.1) is 0 Å². The number of carboxylic acids is 1. The van der Waals surface area contributed by atoms with E-state index < -0.39 is 35.8 Å². The van der Waals surface area contributed by atoms with E-state index in [1.807, 2.05) is 38.1 Å². The highest BCUT2D eigenvalue weighted by atomic mass is 16.4. The topological polar surface area (TPSA) is 140 Å². The highest BCUT2D eigenvalue weighted by Gasteiger charge is 2.33. The number of hydrogen-bond acceptors (Lipinski definition) is 4. The Kier molecular flexibility index (Phi) is 6.94. The van der Waals surface area contributed by atoms with Gasteiger partial charge in [0.2, 0.25) is 11.8 Å². The van der Waals surface area contributed by atoms with E-state index in [1.165, 1.54) is 0 Å². The third kappa shape index (κ3) is 5.62. The molecule has 1 aromatic heterocycles. The Morgan fingerprint density at radius 2 is 1.90 bits per heavy atom. The largest absolute Gasteiger partial charge is 0.480 e. The Hall–Kier alpha value is -3.36. The Morgan fingerprint density at radius 1 is 1.16 bits per heavy atom. The Bertz CT molecular complexity index is 950. The van der Waals surface area contributed by atoms with Crippen LogP contribution in [0.4, 0.5) is 0 Å². The van der Waals surface area contributed by atoms with Crippen LogP contribution in [-0.4, -0.2) is 52.4 Å². The predicted molar refractivity (Wildman–Crippen MR) is 114 cm³/mol. The molecule has 3 amide bonds. The first-order valence-electron chi connectivity index (χ1n) is 10.4.